The number of nitrogens with one attached hydrogen (secondary N) is 3. The van der Waals surface area contributed by atoms with E-state index in [2.05, 4.69) is 20.6 Å². The van der Waals surface area contributed by atoms with E-state index in [-0.39, 0.29) is 24.2 Å². The molecule has 1 aromatic carbocycles. The van der Waals surface area contributed by atoms with Gasteiger partial charge in [-0.3, -0.25) is 9.59 Å². The second-order valence-electron chi connectivity index (χ2n) is 4.74. The minimum absolute atomic E-state index is 0.0697. The molecule has 3 N–H and O–H groups in total. The molecule has 1 unspecified atom stereocenters. The predicted molar refractivity (Wildman–Crippen MR) is 73.8 cm³/mol. The van der Waals surface area contributed by atoms with Crippen LogP contribution in [0.2, 0.25) is 0 Å². The molecule has 2 aromatic rings. The number of rotatable bonds is 3. The molecule has 0 aliphatic carbocycles. The van der Waals surface area contributed by atoms with E-state index in [0.717, 1.165) is 16.9 Å². The molecular formula is C14H14N4O2. The monoisotopic (exact) mass is 270 g/mol. The number of anilines is 1. The highest BCUT2D eigenvalue weighted by molar-refractivity contribution is 5.97. The van der Waals surface area contributed by atoms with E-state index in [0.29, 0.717) is 6.54 Å². The van der Waals surface area contributed by atoms with Crippen LogP contribution in [0, 0.1) is 5.92 Å². The zero-order valence-electron chi connectivity index (χ0n) is 10.7. The molecule has 1 fully saturated rings. The van der Waals surface area contributed by atoms with Crippen LogP contribution < -0.4 is 10.6 Å². The Bertz CT molecular complexity index is 619. The fourth-order valence-corrected chi connectivity index (χ4v) is 2.18. The average Bonchev–Trinajstić information content (AvgIpc) is 3.10. The standard InChI is InChI=1S/C14H14N4O2/c19-13-5-10(6-16-13)14(20)18-11-3-1-9(2-4-11)12-7-15-8-17-12/h1-4,7-8,10H,5-6H2,(H,15,17)(H,16,19)(H,18,20). The molecule has 1 saturated heterocycles. The molecule has 1 aromatic heterocycles. The van der Waals surface area contributed by atoms with Crippen molar-refractivity contribution in [2.24, 2.45) is 5.92 Å². The minimum atomic E-state index is -0.283. The SMILES string of the molecule is O=C1CC(C(=O)Nc2ccc(-c3cnc[nH]3)cc2)CN1. The zero-order chi connectivity index (χ0) is 13.9. The van der Waals surface area contributed by atoms with E-state index in [9.17, 15) is 9.59 Å². The third-order valence-corrected chi connectivity index (χ3v) is 3.31. The first-order valence-electron chi connectivity index (χ1n) is 6.39. The number of amides is 2. The van der Waals surface area contributed by atoms with Gasteiger partial charge in [0.15, 0.2) is 0 Å². The van der Waals surface area contributed by atoms with Gasteiger partial charge in [0.1, 0.15) is 0 Å². The maximum Gasteiger partial charge on any atom is 0.229 e. The second-order valence-corrected chi connectivity index (χ2v) is 4.74. The summed E-state index contributed by atoms with van der Waals surface area (Å²) in [5.41, 5.74) is 2.64. The molecule has 3 rings (SSSR count). The first-order valence-corrected chi connectivity index (χ1v) is 6.39. The zero-order valence-corrected chi connectivity index (χ0v) is 10.7. The number of nitrogens with zero attached hydrogens (tertiary/aromatic N) is 1. The number of imidazole rings is 1. The van der Waals surface area contributed by atoms with Crippen LogP contribution in [0.5, 0.6) is 0 Å². The van der Waals surface area contributed by atoms with Gasteiger partial charge >= 0.3 is 0 Å². The van der Waals surface area contributed by atoms with Gasteiger partial charge < -0.3 is 15.6 Å². The number of carbonyl (C=O) groups excluding carboxylic acids is 2. The fraction of sp³-hybridized carbons (Fsp3) is 0.214. The second kappa shape index (κ2) is 5.16. The van der Waals surface area contributed by atoms with Gasteiger partial charge in [0.25, 0.3) is 0 Å². The first-order chi connectivity index (χ1) is 9.72. The topological polar surface area (TPSA) is 86.9 Å². The highest BCUT2D eigenvalue weighted by Crippen LogP contribution is 2.20. The van der Waals surface area contributed by atoms with Gasteiger partial charge in [-0.15, -0.1) is 0 Å². The van der Waals surface area contributed by atoms with Crippen LogP contribution in [0.25, 0.3) is 11.3 Å². The largest absolute Gasteiger partial charge is 0.355 e. The summed E-state index contributed by atoms with van der Waals surface area (Å²) in [5.74, 6) is -0.479. The molecule has 2 amide bonds. The van der Waals surface area contributed by atoms with E-state index < -0.39 is 0 Å². The van der Waals surface area contributed by atoms with Crippen LogP contribution in [-0.4, -0.2) is 28.3 Å². The quantitative estimate of drug-likeness (QED) is 0.782. The highest BCUT2D eigenvalue weighted by atomic mass is 16.2. The lowest BCUT2D eigenvalue weighted by atomic mass is 10.1. The van der Waals surface area contributed by atoms with Gasteiger partial charge in [-0.05, 0) is 17.7 Å². The van der Waals surface area contributed by atoms with Crippen molar-refractivity contribution in [3.05, 3.63) is 36.8 Å². The Morgan fingerprint density at radius 1 is 1.30 bits per heavy atom. The highest BCUT2D eigenvalue weighted by Gasteiger charge is 2.27. The van der Waals surface area contributed by atoms with Crippen molar-refractivity contribution in [1.82, 2.24) is 15.3 Å². The van der Waals surface area contributed by atoms with E-state index in [1.165, 1.54) is 0 Å². The normalized spacial score (nSPS) is 17.8. The lowest BCUT2D eigenvalue weighted by Gasteiger charge is -2.09. The summed E-state index contributed by atoms with van der Waals surface area (Å²) in [6, 6.07) is 7.47. The van der Waals surface area contributed by atoms with Gasteiger partial charge in [0.05, 0.1) is 24.1 Å². The van der Waals surface area contributed by atoms with Crippen LogP contribution in [0.1, 0.15) is 6.42 Å². The Kier molecular flexibility index (Phi) is 3.20. The van der Waals surface area contributed by atoms with E-state index in [1.54, 1.807) is 12.5 Å². The molecule has 0 spiro atoms. The summed E-state index contributed by atoms with van der Waals surface area (Å²) in [6.07, 6.45) is 3.62. The number of H-pyrrole nitrogens is 1. The summed E-state index contributed by atoms with van der Waals surface area (Å²) in [5, 5.41) is 5.47. The van der Waals surface area contributed by atoms with Crippen molar-refractivity contribution >= 4 is 17.5 Å². The van der Waals surface area contributed by atoms with Crippen molar-refractivity contribution in [2.45, 2.75) is 6.42 Å². The molecule has 6 nitrogen and oxygen atoms in total. The Morgan fingerprint density at radius 3 is 2.70 bits per heavy atom. The van der Waals surface area contributed by atoms with Crippen molar-refractivity contribution in [3.63, 3.8) is 0 Å². The van der Waals surface area contributed by atoms with Crippen molar-refractivity contribution in [1.29, 1.82) is 0 Å². The number of carbonyl (C=O) groups is 2. The maximum absolute atomic E-state index is 12.0. The van der Waals surface area contributed by atoms with Crippen LogP contribution in [-0.2, 0) is 9.59 Å². The molecule has 1 atom stereocenters. The molecule has 20 heavy (non-hydrogen) atoms. The third-order valence-electron chi connectivity index (χ3n) is 3.31. The van der Waals surface area contributed by atoms with E-state index in [4.69, 9.17) is 0 Å². The number of aromatic nitrogens is 2. The van der Waals surface area contributed by atoms with Crippen LogP contribution in [0.4, 0.5) is 5.69 Å². The third kappa shape index (κ3) is 2.54. The number of hydrogen-bond donors (Lipinski definition) is 3. The van der Waals surface area contributed by atoms with Crippen LogP contribution in [0.3, 0.4) is 0 Å². The van der Waals surface area contributed by atoms with Gasteiger partial charge in [0, 0.05) is 18.7 Å². The molecule has 0 saturated carbocycles. The van der Waals surface area contributed by atoms with Crippen molar-refractivity contribution in [3.8, 4) is 11.3 Å². The minimum Gasteiger partial charge on any atom is -0.355 e. The molecule has 1 aliphatic rings. The Balaban J connectivity index is 1.66. The maximum atomic E-state index is 12.0. The molecular weight excluding hydrogens is 256 g/mol. The molecule has 102 valence electrons. The lowest BCUT2D eigenvalue weighted by molar-refractivity contribution is -0.123. The first kappa shape index (κ1) is 12.4. The van der Waals surface area contributed by atoms with E-state index >= 15 is 0 Å². The molecule has 0 bridgehead atoms. The average molecular weight is 270 g/mol. The lowest BCUT2D eigenvalue weighted by Crippen LogP contribution is -2.24. The molecule has 6 heteroatoms. The number of aromatic amines is 1. The Labute approximate surface area is 115 Å². The molecule has 2 heterocycles. The van der Waals surface area contributed by atoms with Crippen LogP contribution >= 0.6 is 0 Å². The van der Waals surface area contributed by atoms with Gasteiger partial charge in [0.2, 0.25) is 11.8 Å². The van der Waals surface area contributed by atoms with Crippen molar-refractivity contribution < 1.29 is 9.59 Å². The van der Waals surface area contributed by atoms with Gasteiger partial charge in [-0.25, -0.2) is 4.98 Å². The summed E-state index contributed by atoms with van der Waals surface area (Å²) in [4.78, 5) is 30.0. The Morgan fingerprint density at radius 2 is 2.10 bits per heavy atom. The number of benzene rings is 1. The van der Waals surface area contributed by atoms with Crippen LogP contribution in [0.15, 0.2) is 36.8 Å². The predicted octanol–water partition coefficient (Wildman–Crippen LogP) is 1.15. The number of hydrogen-bond acceptors (Lipinski definition) is 3. The Hall–Kier alpha value is -2.63. The fourth-order valence-electron chi connectivity index (χ4n) is 2.18. The van der Waals surface area contributed by atoms with Gasteiger partial charge in [-0.2, -0.15) is 0 Å². The van der Waals surface area contributed by atoms with E-state index in [1.807, 2.05) is 24.3 Å². The van der Waals surface area contributed by atoms with Gasteiger partial charge in [-0.1, -0.05) is 12.1 Å². The summed E-state index contributed by atoms with van der Waals surface area (Å²) in [6.45, 7) is 0.414. The smallest absolute Gasteiger partial charge is 0.229 e. The molecule has 0 radical (unpaired) electrons. The molecule has 1 aliphatic heterocycles. The summed E-state index contributed by atoms with van der Waals surface area (Å²) in [7, 11) is 0. The summed E-state index contributed by atoms with van der Waals surface area (Å²) < 4.78 is 0. The summed E-state index contributed by atoms with van der Waals surface area (Å²) >= 11 is 0. The van der Waals surface area contributed by atoms with Crippen molar-refractivity contribution in [2.75, 3.05) is 11.9 Å².